The van der Waals surface area contributed by atoms with E-state index in [-0.39, 0.29) is 0 Å². The van der Waals surface area contributed by atoms with Crippen LogP contribution in [0.2, 0.25) is 5.02 Å². The first-order chi connectivity index (χ1) is 9.56. The van der Waals surface area contributed by atoms with Crippen LogP contribution < -0.4 is 0 Å². The highest BCUT2D eigenvalue weighted by atomic mass is 79.9. The van der Waals surface area contributed by atoms with Gasteiger partial charge in [0.1, 0.15) is 0 Å². The second-order valence-corrected chi connectivity index (χ2v) is 5.86. The van der Waals surface area contributed by atoms with E-state index in [0.717, 1.165) is 15.6 Å². The largest absolute Gasteiger partial charge is 0.481 e. The Labute approximate surface area is 130 Å². The van der Waals surface area contributed by atoms with E-state index in [9.17, 15) is 9.90 Å². The molecule has 2 aromatic rings. The molecule has 104 valence electrons. The molecular weight excluding hydrogens is 342 g/mol. The number of benzene rings is 1. The molecule has 5 heteroatoms. The molecule has 0 radical (unpaired) electrons. The lowest BCUT2D eigenvalue weighted by molar-refractivity contribution is -0.141. The third-order valence-corrected chi connectivity index (χ3v) is 3.94. The van der Waals surface area contributed by atoms with Crippen molar-refractivity contribution in [1.82, 2.24) is 4.98 Å². The first-order valence-electron chi connectivity index (χ1n) is 6.12. The summed E-state index contributed by atoms with van der Waals surface area (Å²) in [5, 5.41) is 9.88. The zero-order valence-corrected chi connectivity index (χ0v) is 12.9. The van der Waals surface area contributed by atoms with Crippen LogP contribution in [0.5, 0.6) is 0 Å². The molecule has 1 unspecified atom stereocenters. The maximum atomic E-state index is 11.4. The van der Waals surface area contributed by atoms with Gasteiger partial charge in [-0.3, -0.25) is 9.78 Å². The summed E-state index contributed by atoms with van der Waals surface area (Å²) >= 11 is 9.40. The molecule has 2 rings (SSSR count). The number of carboxylic acid groups (broad SMARTS) is 1. The molecule has 1 aromatic heterocycles. The molecule has 3 nitrogen and oxygen atoms in total. The maximum Gasteiger partial charge on any atom is 0.307 e. The summed E-state index contributed by atoms with van der Waals surface area (Å²) in [6, 6.07) is 9.43. The number of nitrogens with zero attached hydrogens (tertiary/aromatic N) is 1. The Bertz CT molecular complexity index is 601. The van der Waals surface area contributed by atoms with E-state index >= 15 is 0 Å². The Hall–Kier alpha value is -1.39. The Balaban J connectivity index is 2.14. The van der Waals surface area contributed by atoms with Crippen molar-refractivity contribution in [1.29, 1.82) is 0 Å². The van der Waals surface area contributed by atoms with Gasteiger partial charge in [-0.2, -0.15) is 0 Å². The topological polar surface area (TPSA) is 50.2 Å². The molecular formula is C15H13BrClNO2. The predicted molar refractivity (Wildman–Crippen MR) is 81.9 cm³/mol. The number of hydrogen-bond acceptors (Lipinski definition) is 2. The number of halogens is 2. The molecule has 0 saturated heterocycles. The number of carbonyl (C=O) groups is 1. The van der Waals surface area contributed by atoms with Gasteiger partial charge in [-0.05, 0) is 42.2 Å². The van der Waals surface area contributed by atoms with Crippen molar-refractivity contribution in [2.75, 3.05) is 0 Å². The highest BCUT2D eigenvalue weighted by molar-refractivity contribution is 9.10. The van der Waals surface area contributed by atoms with Crippen LogP contribution in [0.3, 0.4) is 0 Å². The molecule has 1 heterocycles. The Kier molecular flexibility index (Phi) is 5.15. The quantitative estimate of drug-likeness (QED) is 0.883. The van der Waals surface area contributed by atoms with E-state index in [4.69, 9.17) is 11.6 Å². The fourth-order valence-corrected chi connectivity index (χ4v) is 2.45. The molecule has 0 aliphatic rings. The van der Waals surface area contributed by atoms with Crippen LogP contribution in [-0.2, 0) is 17.6 Å². The van der Waals surface area contributed by atoms with E-state index in [1.54, 1.807) is 12.3 Å². The highest BCUT2D eigenvalue weighted by Crippen LogP contribution is 2.21. The third kappa shape index (κ3) is 4.05. The lowest BCUT2D eigenvalue weighted by Crippen LogP contribution is -2.19. The number of carboxylic acids is 1. The van der Waals surface area contributed by atoms with Crippen LogP contribution >= 0.6 is 27.5 Å². The molecule has 1 atom stereocenters. The van der Waals surface area contributed by atoms with E-state index in [1.165, 1.54) is 6.20 Å². The number of pyridine rings is 1. The van der Waals surface area contributed by atoms with Crippen molar-refractivity contribution < 1.29 is 9.90 Å². The minimum Gasteiger partial charge on any atom is -0.481 e. The summed E-state index contributed by atoms with van der Waals surface area (Å²) < 4.78 is 0.977. The van der Waals surface area contributed by atoms with Crippen LogP contribution in [0.15, 0.2) is 47.2 Å². The standard InChI is InChI=1S/C15H13BrClNO2/c16-13-3-1-10(2-4-13)7-12(15(19)20)8-11-5-6-18-9-14(11)17/h1-6,9,12H,7-8H2,(H,19,20). The minimum absolute atomic E-state index is 0.396. The van der Waals surface area contributed by atoms with E-state index < -0.39 is 11.9 Å². The second kappa shape index (κ2) is 6.86. The average molecular weight is 355 g/mol. The molecule has 0 amide bonds. The van der Waals surface area contributed by atoms with Crippen LogP contribution in [0, 0.1) is 5.92 Å². The first-order valence-corrected chi connectivity index (χ1v) is 7.29. The lowest BCUT2D eigenvalue weighted by atomic mass is 9.93. The van der Waals surface area contributed by atoms with Gasteiger partial charge in [0.05, 0.1) is 10.9 Å². The maximum absolute atomic E-state index is 11.4. The molecule has 0 aliphatic carbocycles. The summed E-state index contributed by atoms with van der Waals surface area (Å²) in [6.45, 7) is 0. The normalized spacial score (nSPS) is 12.1. The molecule has 0 bridgehead atoms. The van der Waals surface area contributed by atoms with Crippen LogP contribution in [0.1, 0.15) is 11.1 Å². The van der Waals surface area contributed by atoms with Crippen molar-refractivity contribution >= 4 is 33.5 Å². The Morgan fingerprint density at radius 3 is 2.55 bits per heavy atom. The predicted octanol–water partition coefficient (Wildman–Crippen LogP) is 3.98. The van der Waals surface area contributed by atoms with E-state index in [2.05, 4.69) is 20.9 Å². The molecule has 0 saturated carbocycles. The minimum atomic E-state index is -0.819. The van der Waals surface area contributed by atoms with E-state index in [0.29, 0.717) is 17.9 Å². The van der Waals surface area contributed by atoms with Crippen molar-refractivity contribution in [3.05, 3.63) is 63.3 Å². The molecule has 0 aliphatic heterocycles. The fourth-order valence-electron chi connectivity index (χ4n) is 1.99. The van der Waals surface area contributed by atoms with Gasteiger partial charge in [0.2, 0.25) is 0 Å². The Morgan fingerprint density at radius 1 is 1.25 bits per heavy atom. The Morgan fingerprint density at radius 2 is 1.95 bits per heavy atom. The fraction of sp³-hybridized carbons (Fsp3) is 0.200. The monoisotopic (exact) mass is 353 g/mol. The summed E-state index contributed by atoms with van der Waals surface area (Å²) in [7, 11) is 0. The molecule has 1 N–H and O–H groups in total. The third-order valence-electron chi connectivity index (χ3n) is 3.07. The van der Waals surface area contributed by atoms with Gasteiger partial charge in [-0.25, -0.2) is 0 Å². The van der Waals surface area contributed by atoms with Gasteiger partial charge >= 0.3 is 5.97 Å². The molecule has 0 spiro atoms. The van der Waals surface area contributed by atoms with Crippen molar-refractivity contribution in [2.24, 2.45) is 5.92 Å². The first kappa shape index (κ1) is 15.0. The smallest absolute Gasteiger partial charge is 0.307 e. The van der Waals surface area contributed by atoms with Gasteiger partial charge in [0.25, 0.3) is 0 Å². The SMILES string of the molecule is O=C(O)C(Cc1ccc(Br)cc1)Cc1ccncc1Cl. The number of hydrogen-bond donors (Lipinski definition) is 1. The zero-order chi connectivity index (χ0) is 14.5. The molecule has 20 heavy (non-hydrogen) atoms. The van der Waals surface area contributed by atoms with Crippen molar-refractivity contribution in [3.63, 3.8) is 0 Å². The average Bonchev–Trinajstić information content (AvgIpc) is 2.42. The van der Waals surface area contributed by atoms with Crippen LogP contribution in [0.4, 0.5) is 0 Å². The van der Waals surface area contributed by atoms with Crippen LogP contribution in [-0.4, -0.2) is 16.1 Å². The van der Waals surface area contributed by atoms with Gasteiger partial charge in [0.15, 0.2) is 0 Å². The number of aromatic nitrogens is 1. The van der Waals surface area contributed by atoms with E-state index in [1.807, 2.05) is 24.3 Å². The van der Waals surface area contributed by atoms with Gasteiger partial charge < -0.3 is 5.11 Å². The number of rotatable bonds is 5. The lowest BCUT2D eigenvalue weighted by Gasteiger charge is -2.13. The van der Waals surface area contributed by atoms with Crippen LogP contribution in [0.25, 0.3) is 0 Å². The summed E-state index contributed by atoms with van der Waals surface area (Å²) in [5.74, 6) is -1.32. The van der Waals surface area contributed by atoms with Crippen molar-refractivity contribution in [3.8, 4) is 0 Å². The number of aliphatic carboxylic acids is 1. The molecule has 1 aromatic carbocycles. The second-order valence-electron chi connectivity index (χ2n) is 4.54. The van der Waals surface area contributed by atoms with Gasteiger partial charge in [-0.1, -0.05) is 39.7 Å². The summed E-state index contributed by atoms with van der Waals surface area (Å²) in [6.07, 6.45) is 4.03. The van der Waals surface area contributed by atoms with Crippen molar-refractivity contribution in [2.45, 2.75) is 12.8 Å². The molecule has 0 fully saturated rings. The van der Waals surface area contributed by atoms with Gasteiger partial charge in [0, 0.05) is 16.9 Å². The summed E-state index contributed by atoms with van der Waals surface area (Å²) in [5.41, 5.74) is 1.80. The zero-order valence-electron chi connectivity index (χ0n) is 10.6. The highest BCUT2D eigenvalue weighted by Gasteiger charge is 2.19. The summed E-state index contributed by atoms with van der Waals surface area (Å²) in [4.78, 5) is 15.3. The van der Waals surface area contributed by atoms with Gasteiger partial charge in [-0.15, -0.1) is 0 Å².